The van der Waals surface area contributed by atoms with Crippen LogP contribution in [0.5, 0.6) is 0 Å². The third kappa shape index (κ3) is 3.71. The molecule has 0 spiro atoms. The number of aromatic nitrogens is 1. The number of ketones is 1. The molecule has 136 valence electrons. The van der Waals surface area contributed by atoms with Crippen LogP contribution in [-0.2, 0) is 0 Å². The van der Waals surface area contributed by atoms with Gasteiger partial charge in [0.2, 0.25) is 0 Å². The highest BCUT2D eigenvalue weighted by molar-refractivity contribution is 6.06. The van der Waals surface area contributed by atoms with Crippen molar-refractivity contribution in [2.75, 3.05) is 23.3 Å². The lowest BCUT2D eigenvalue weighted by molar-refractivity contribution is 0.0256. The highest BCUT2D eigenvalue weighted by Gasteiger charge is 2.39. The number of carbonyl (C=O) groups is 2. The molecule has 1 aliphatic heterocycles. The number of carbonyl (C=O) groups excluding carboxylic acids is 2. The van der Waals surface area contributed by atoms with E-state index < -0.39 is 12.5 Å². The normalized spacial score (nSPS) is 15.8. The number of Topliss-reactive ketones (excluding diaryl/α,β-unsaturated/α-hetero) is 1. The van der Waals surface area contributed by atoms with E-state index in [1.807, 2.05) is 0 Å². The van der Waals surface area contributed by atoms with Crippen LogP contribution in [0, 0.1) is 6.92 Å². The minimum Gasteiger partial charge on any atom is -0.349 e. The second-order valence-corrected chi connectivity index (χ2v) is 6.44. The maximum atomic E-state index is 13.6. The van der Waals surface area contributed by atoms with E-state index in [1.165, 1.54) is 11.8 Å². The number of aryl methyl sites for hydroxylation is 1. The number of halogens is 2. The molecular weight excluding hydrogens is 340 g/mol. The first-order valence-corrected chi connectivity index (χ1v) is 8.27. The predicted molar refractivity (Wildman–Crippen MR) is 95.2 cm³/mol. The molecule has 1 saturated heterocycles. The Labute approximate surface area is 150 Å². The molecule has 1 amide bonds. The van der Waals surface area contributed by atoms with E-state index >= 15 is 0 Å². The van der Waals surface area contributed by atoms with Gasteiger partial charge in [0.25, 0.3) is 11.8 Å². The molecular formula is C19H19F2N3O2. The second kappa shape index (κ2) is 6.82. The summed E-state index contributed by atoms with van der Waals surface area (Å²) in [6.07, 6.45) is 1.31. The van der Waals surface area contributed by atoms with Crippen LogP contribution in [-0.4, -0.2) is 35.7 Å². The lowest BCUT2D eigenvalue weighted by Gasteiger charge is -2.22. The second-order valence-electron chi connectivity index (χ2n) is 6.44. The number of hydrogen-bond acceptors (Lipinski definition) is 4. The first-order chi connectivity index (χ1) is 12.3. The summed E-state index contributed by atoms with van der Waals surface area (Å²) in [5.74, 6) is -2.88. The van der Waals surface area contributed by atoms with E-state index in [9.17, 15) is 18.4 Å². The summed E-state index contributed by atoms with van der Waals surface area (Å²) in [6.45, 7) is 3.00. The average molecular weight is 359 g/mol. The van der Waals surface area contributed by atoms with Gasteiger partial charge in [-0.05, 0) is 37.6 Å². The van der Waals surface area contributed by atoms with Gasteiger partial charge in [-0.25, -0.2) is 13.8 Å². The molecule has 0 radical (unpaired) electrons. The molecule has 1 fully saturated rings. The van der Waals surface area contributed by atoms with E-state index in [4.69, 9.17) is 0 Å². The molecule has 5 nitrogen and oxygen atoms in total. The predicted octanol–water partition coefficient (Wildman–Crippen LogP) is 3.69. The lowest BCUT2D eigenvalue weighted by atomic mass is 10.1. The van der Waals surface area contributed by atoms with Crippen LogP contribution in [0.15, 0.2) is 36.5 Å². The van der Waals surface area contributed by atoms with Gasteiger partial charge in [-0.3, -0.25) is 9.59 Å². The number of benzene rings is 1. The summed E-state index contributed by atoms with van der Waals surface area (Å²) in [6, 6.07) is 7.99. The summed E-state index contributed by atoms with van der Waals surface area (Å²) in [5.41, 5.74) is 2.04. The van der Waals surface area contributed by atoms with Crippen LogP contribution in [0.4, 0.5) is 20.3 Å². The molecule has 0 unspecified atom stereocenters. The van der Waals surface area contributed by atoms with Gasteiger partial charge in [-0.1, -0.05) is 12.1 Å². The van der Waals surface area contributed by atoms with Crippen molar-refractivity contribution in [2.24, 2.45) is 0 Å². The minimum absolute atomic E-state index is 0.0858. The molecule has 2 heterocycles. The van der Waals surface area contributed by atoms with Crippen molar-refractivity contribution in [2.45, 2.75) is 26.2 Å². The van der Waals surface area contributed by atoms with Crippen LogP contribution in [0.3, 0.4) is 0 Å². The standard InChI is InChI=1S/C19H19F2N3O2/c1-12-7-9-22-17(24-10-8-19(20,21)11-24)16(12)23-18(26)15-5-3-14(4-6-15)13(2)25/h3-7,9H,8,10-11H2,1-2H3,(H,23,26). The maximum Gasteiger partial charge on any atom is 0.266 e. The topological polar surface area (TPSA) is 62.3 Å². The Kier molecular flexibility index (Phi) is 4.71. The number of pyridine rings is 1. The van der Waals surface area contributed by atoms with Crippen LogP contribution in [0.1, 0.15) is 39.6 Å². The first-order valence-electron chi connectivity index (χ1n) is 8.27. The smallest absolute Gasteiger partial charge is 0.266 e. The van der Waals surface area contributed by atoms with E-state index in [2.05, 4.69) is 10.3 Å². The Bertz CT molecular complexity index is 850. The van der Waals surface area contributed by atoms with Gasteiger partial charge in [0.05, 0.1) is 12.2 Å². The number of alkyl halides is 2. The van der Waals surface area contributed by atoms with Crippen LogP contribution >= 0.6 is 0 Å². The van der Waals surface area contributed by atoms with Gasteiger partial charge in [0.1, 0.15) is 0 Å². The first kappa shape index (κ1) is 18.0. The van der Waals surface area contributed by atoms with Crippen molar-refractivity contribution < 1.29 is 18.4 Å². The van der Waals surface area contributed by atoms with Gasteiger partial charge in [0.15, 0.2) is 11.6 Å². The van der Waals surface area contributed by atoms with E-state index in [0.717, 1.165) is 5.56 Å². The molecule has 0 saturated carbocycles. The molecule has 0 aliphatic carbocycles. The Morgan fingerprint density at radius 2 is 1.81 bits per heavy atom. The zero-order valence-corrected chi connectivity index (χ0v) is 14.6. The van der Waals surface area contributed by atoms with E-state index in [0.29, 0.717) is 22.6 Å². The zero-order valence-electron chi connectivity index (χ0n) is 14.6. The van der Waals surface area contributed by atoms with Crippen LogP contribution in [0.2, 0.25) is 0 Å². The number of nitrogens with zero attached hydrogens (tertiary/aromatic N) is 2. The Morgan fingerprint density at radius 1 is 1.15 bits per heavy atom. The Morgan fingerprint density at radius 3 is 2.38 bits per heavy atom. The molecule has 2 aromatic rings. The lowest BCUT2D eigenvalue weighted by Crippen LogP contribution is -2.27. The van der Waals surface area contributed by atoms with Crippen molar-refractivity contribution >= 4 is 23.2 Å². The largest absolute Gasteiger partial charge is 0.349 e. The molecule has 1 aromatic carbocycles. The fourth-order valence-corrected chi connectivity index (χ4v) is 2.90. The number of hydrogen-bond donors (Lipinski definition) is 1. The fourth-order valence-electron chi connectivity index (χ4n) is 2.90. The number of nitrogens with one attached hydrogen (secondary N) is 1. The summed E-state index contributed by atoms with van der Waals surface area (Å²) in [7, 11) is 0. The molecule has 26 heavy (non-hydrogen) atoms. The van der Waals surface area contributed by atoms with Crippen molar-refractivity contribution in [3.63, 3.8) is 0 Å². The summed E-state index contributed by atoms with van der Waals surface area (Å²) in [5, 5.41) is 2.78. The van der Waals surface area contributed by atoms with Gasteiger partial charge in [0, 0.05) is 30.3 Å². The number of rotatable bonds is 4. The summed E-state index contributed by atoms with van der Waals surface area (Å²) >= 11 is 0. The average Bonchev–Trinajstić information content (AvgIpc) is 2.96. The Hall–Kier alpha value is -2.83. The van der Waals surface area contributed by atoms with Gasteiger partial charge < -0.3 is 10.2 Å². The highest BCUT2D eigenvalue weighted by Crippen LogP contribution is 2.35. The molecule has 1 aliphatic rings. The summed E-state index contributed by atoms with van der Waals surface area (Å²) < 4.78 is 27.1. The third-order valence-electron chi connectivity index (χ3n) is 4.40. The van der Waals surface area contributed by atoms with E-state index in [-0.39, 0.29) is 24.7 Å². The molecule has 1 aromatic heterocycles. The monoisotopic (exact) mass is 359 g/mol. The third-order valence-corrected chi connectivity index (χ3v) is 4.40. The van der Waals surface area contributed by atoms with Crippen LogP contribution < -0.4 is 10.2 Å². The quantitative estimate of drug-likeness (QED) is 0.846. The van der Waals surface area contributed by atoms with Crippen molar-refractivity contribution in [1.82, 2.24) is 4.98 Å². The number of anilines is 2. The van der Waals surface area contributed by atoms with Gasteiger partial charge >= 0.3 is 0 Å². The molecule has 0 atom stereocenters. The van der Waals surface area contributed by atoms with Crippen LogP contribution in [0.25, 0.3) is 0 Å². The highest BCUT2D eigenvalue weighted by atomic mass is 19.3. The van der Waals surface area contributed by atoms with Crippen molar-refractivity contribution in [3.05, 3.63) is 53.2 Å². The molecule has 0 bridgehead atoms. The molecule has 7 heteroatoms. The zero-order chi connectivity index (χ0) is 18.9. The van der Waals surface area contributed by atoms with Crippen molar-refractivity contribution in [3.8, 4) is 0 Å². The van der Waals surface area contributed by atoms with Gasteiger partial charge in [-0.15, -0.1) is 0 Å². The summed E-state index contributed by atoms with van der Waals surface area (Å²) in [4.78, 5) is 29.6. The Balaban J connectivity index is 1.85. The number of amides is 1. The SMILES string of the molecule is CC(=O)c1ccc(C(=O)Nc2c(C)ccnc2N2CCC(F)(F)C2)cc1. The molecule has 3 rings (SSSR count). The van der Waals surface area contributed by atoms with E-state index in [1.54, 1.807) is 43.5 Å². The minimum atomic E-state index is -2.75. The maximum absolute atomic E-state index is 13.6. The molecule has 1 N–H and O–H groups in total. The van der Waals surface area contributed by atoms with Gasteiger partial charge in [-0.2, -0.15) is 0 Å². The van der Waals surface area contributed by atoms with Crippen molar-refractivity contribution in [1.29, 1.82) is 0 Å². The fraction of sp³-hybridized carbons (Fsp3) is 0.316.